The molecule has 1 aliphatic rings. The van der Waals surface area contributed by atoms with Crippen LogP contribution in [0.3, 0.4) is 0 Å². The monoisotopic (exact) mass is 341 g/mol. The maximum atomic E-state index is 5.82. The highest BCUT2D eigenvalue weighted by atomic mass is 35.5. The number of hydrogen-bond donors (Lipinski definition) is 0. The van der Waals surface area contributed by atoms with Gasteiger partial charge >= 0.3 is 0 Å². The highest BCUT2D eigenvalue weighted by molar-refractivity contribution is 6.17. The van der Waals surface area contributed by atoms with E-state index in [2.05, 4.69) is 78.0 Å². The van der Waals surface area contributed by atoms with Crippen LogP contribution in [-0.2, 0) is 13.1 Å². The molecule has 0 atom stereocenters. The van der Waals surface area contributed by atoms with Gasteiger partial charge in [-0.3, -0.25) is 4.48 Å². The van der Waals surface area contributed by atoms with Crippen LogP contribution in [0.4, 0.5) is 0 Å². The van der Waals surface area contributed by atoms with Crippen molar-refractivity contribution in [1.82, 2.24) is 4.90 Å². The van der Waals surface area contributed by atoms with E-state index in [0.717, 1.165) is 49.5 Å². The fourth-order valence-electron chi connectivity index (χ4n) is 3.40. The van der Waals surface area contributed by atoms with E-state index in [1.165, 1.54) is 11.1 Å². The first-order chi connectivity index (χ1) is 11.8. The van der Waals surface area contributed by atoms with Crippen LogP contribution in [0.1, 0.15) is 24.0 Å². The maximum Gasteiger partial charge on any atom is 0.159 e. The smallest absolute Gasteiger partial charge is 0.159 e. The van der Waals surface area contributed by atoms with E-state index in [4.69, 9.17) is 11.6 Å². The molecule has 0 aromatic heterocycles. The van der Waals surface area contributed by atoms with Crippen molar-refractivity contribution in [2.75, 3.05) is 19.1 Å². The molecule has 0 spiro atoms. The van der Waals surface area contributed by atoms with Crippen molar-refractivity contribution in [2.45, 2.75) is 25.9 Å². The predicted octanol–water partition coefficient (Wildman–Crippen LogP) is 4.97. The standard InChI is InChI=1S/C21H26ClN2/c22-13-7-8-14-23-15-16-24(19-23,17-20-9-3-1-4-10-20)18-21-11-5-2-6-12-21/h1-6,9-12,15-16H,7-8,13-14,17-19H2/q+1. The molecule has 1 aliphatic heterocycles. The average molecular weight is 342 g/mol. The fraction of sp³-hybridized carbons (Fsp3) is 0.333. The number of rotatable bonds is 8. The van der Waals surface area contributed by atoms with Gasteiger partial charge in [-0.05, 0) is 12.8 Å². The highest BCUT2D eigenvalue weighted by Gasteiger charge is 2.32. The van der Waals surface area contributed by atoms with Gasteiger partial charge in [0.05, 0.1) is 6.20 Å². The zero-order valence-corrected chi connectivity index (χ0v) is 14.9. The van der Waals surface area contributed by atoms with Gasteiger partial charge < -0.3 is 4.90 Å². The predicted molar refractivity (Wildman–Crippen MR) is 101 cm³/mol. The molecule has 2 nitrogen and oxygen atoms in total. The molecule has 0 N–H and O–H groups in total. The lowest BCUT2D eigenvalue weighted by atomic mass is 10.1. The van der Waals surface area contributed by atoms with E-state index in [1.807, 2.05) is 0 Å². The molecule has 24 heavy (non-hydrogen) atoms. The second kappa shape index (κ2) is 8.36. The van der Waals surface area contributed by atoms with Gasteiger partial charge in [0, 0.05) is 23.6 Å². The summed E-state index contributed by atoms with van der Waals surface area (Å²) < 4.78 is 0.953. The molecule has 0 aliphatic carbocycles. The summed E-state index contributed by atoms with van der Waals surface area (Å²) in [7, 11) is 0. The van der Waals surface area contributed by atoms with Gasteiger partial charge in [0.2, 0.25) is 0 Å². The summed E-state index contributed by atoms with van der Waals surface area (Å²) in [6.07, 6.45) is 6.90. The minimum Gasteiger partial charge on any atom is -0.326 e. The van der Waals surface area contributed by atoms with Crippen molar-refractivity contribution < 1.29 is 4.48 Å². The molecular weight excluding hydrogens is 316 g/mol. The van der Waals surface area contributed by atoms with Crippen LogP contribution in [-0.4, -0.2) is 28.5 Å². The Hall–Kier alpha value is -1.77. The van der Waals surface area contributed by atoms with Crippen molar-refractivity contribution >= 4 is 11.6 Å². The quantitative estimate of drug-likeness (QED) is 0.372. The molecule has 0 bridgehead atoms. The van der Waals surface area contributed by atoms with E-state index in [9.17, 15) is 0 Å². The summed E-state index contributed by atoms with van der Waals surface area (Å²) in [4.78, 5) is 2.44. The Morgan fingerprint density at radius 1 is 0.833 bits per heavy atom. The minimum absolute atomic E-state index is 0.756. The molecule has 0 saturated carbocycles. The zero-order valence-electron chi connectivity index (χ0n) is 14.2. The third kappa shape index (κ3) is 4.62. The van der Waals surface area contributed by atoms with E-state index >= 15 is 0 Å². The highest BCUT2D eigenvalue weighted by Crippen LogP contribution is 2.26. The summed E-state index contributed by atoms with van der Waals surface area (Å²) in [5.74, 6) is 0.756. The normalized spacial score (nSPS) is 15.8. The van der Waals surface area contributed by atoms with Crippen molar-refractivity contribution in [2.24, 2.45) is 0 Å². The van der Waals surface area contributed by atoms with Gasteiger partial charge in [0.1, 0.15) is 19.3 Å². The molecule has 1 heterocycles. The van der Waals surface area contributed by atoms with Gasteiger partial charge in [0.15, 0.2) is 6.67 Å². The Bertz CT molecular complexity index is 598. The van der Waals surface area contributed by atoms with Crippen LogP contribution < -0.4 is 0 Å². The first-order valence-corrected chi connectivity index (χ1v) is 9.26. The number of unbranched alkanes of at least 4 members (excludes halogenated alkanes) is 1. The lowest BCUT2D eigenvalue weighted by Gasteiger charge is -2.33. The number of nitrogens with zero attached hydrogens (tertiary/aromatic N) is 2. The Balaban J connectivity index is 1.74. The van der Waals surface area contributed by atoms with E-state index in [-0.39, 0.29) is 0 Å². The minimum atomic E-state index is 0.756. The van der Waals surface area contributed by atoms with Crippen molar-refractivity contribution in [3.63, 3.8) is 0 Å². The van der Waals surface area contributed by atoms with Crippen LogP contribution in [0, 0.1) is 0 Å². The molecule has 3 heteroatoms. The van der Waals surface area contributed by atoms with Crippen molar-refractivity contribution in [3.8, 4) is 0 Å². The Kier molecular flexibility index (Phi) is 5.95. The second-order valence-corrected chi connectivity index (χ2v) is 7.03. The van der Waals surface area contributed by atoms with Crippen LogP contribution in [0.5, 0.6) is 0 Å². The van der Waals surface area contributed by atoms with E-state index < -0.39 is 0 Å². The third-order valence-electron chi connectivity index (χ3n) is 4.57. The lowest BCUT2D eigenvalue weighted by molar-refractivity contribution is -0.907. The molecule has 3 rings (SSSR count). The summed E-state index contributed by atoms with van der Waals surface area (Å²) in [6.45, 7) is 4.18. The zero-order chi connectivity index (χ0) is 16.7. The van der Waals surface area contributed by atoms with Crippen LogP contribution >= 0.6 is 11.6 Å². The average Bonchev–Trinajstić information content (AvgIpc) is 2.99. The van der Waals surface area contributed by atoms with Gasteiger partial charge in [-0.15, -0.1) is 11.6 Å². The molecule has 126 valence electrons. The van der Waals surface area contributed by atoms with E-state index in [0.29, 0.717) is 0 Å². The Labute approximate surface area is 150 Å². The summed E-state index contributed by atoms with van der Waals surface area (Å²) in [5, 5.41) is 0. The number of alkyl halides is 1. The molecule has 0 amide bonds. The summed E-state index contributed by atoms with van der Waals surface area (Å²) in [5.41, 5.74) is 2.78. The molecule has 2 aromatic rings. The van der Waals surface area contributed by atoms with Gasteiger partial charge in [0.25, 0.3) is 0 Å². The molecule has 0 unspecified atom stereocenters. The molecule has 2 aromatic carbocycles. The van der Waals surface area contributed by atoms with Crippen molar-refractivity contribution in [1.29, 1.82) is 0 Å². The Morgan fingerprint density at radius 2 is 1.42 bits per heavy atom. The second-order valence-electron chi connectivity index (χ2n) is 6.65. The van der Waals surface area contributed by atoms with Gasteiger partial charge in [-0.1, -0.05) is 60.7 Å². The number of quaternary nitrogens is 1. The first-order valence-electron chi connectivity index (χ1n) is 8.73. The maximum absolute atomic E-state index is 5.82. The van der Waals surface area contributed by atoms with Crippen LogP contribution in [0.2, 0.25) is 0 Å². The van der Waals surface area contributed by atoms with E-state index in [1.54, 1.807) is 0 Å². The molecule has 0 fully saturated rings. The topological polar surface area (TPSA) is 3.24 Å². The number of hydrogen-bond acceptors (Lipinski definition) is 1. The first kappa shape index (κ1) is 17.1. The van der Waals surface area contributed by atoms with Crippen LogP contribution in [0.15, 0.2) is 73.1 Å². The third-order valence-corrected chi connectivity index (χ3v) is 4.83. The Morgan fingerprint density at radius 3 is 1.96 bits per heavy atom. The van der Waals surface area contributed by atoms with Gasteiger partial charge in [-0.2, -0.15) is 0 Å². The lowest BCUT2D eigenvalue weighted by Crippen LogP contribution is -2.43. The largest absolute Gasteiger partial charge is 0.326 e. The summed E-state index contributed by atoms with van der Waals surface area (Å²) in [6, 6.07) is 21.6. The molecule has 0 radical (unpaired) electrons. The number of halogens is 1. The molecular formula is C21H26ClN2+. The fourth-order valence-corrected chi connectivity index (χ4v) is 3.59. The number of benzene rings is 2. The summed E-state index contributed by atoms with van der Waals surface area (Å²) >= 11 is 5.82. The SMILES string of the molecule is ClCCCCN1C=C[N+](Cc2ccccc2)(Cc2ccccc2)C1. The van der Waals surface area contributed by atoms with Crippen molar-refractivity contribution in [3.05, 3.63) is 84.2 Å². The molecule has 0 saturated heterocycles. The van der Waals surface area contributed by atoms with Crippen LogP contribution in [0.25, 0.3) is 0 Å². The van der Waals surface area contributed by atoms with Gasteiger partial charge in [-0.25, -0.2) is 0 Å².